The summed E-state index contributed by atoms with van der Waals surface area (Å²) >= 11 is 6.46. The van der Waals surface area contributed by atoms with Crippen LogP contribution in [0.1, 0.15) is 44.7 Å². The SMILES string of the molecule is CC[C@H](C(=O)N[C@@H](C)CC)N(CCc1ccccc1)C(=O)CN(c1ccccc1Cl)S(=O)(=O)c1ccc(C)cc1. The number of nitrogens with one attached hydrogen (secondary N) is 1. The van der Waals surface area contributed by atoms with Crippen molar-refractivity contribution in [2.75, 3.05) is 17.4 Å². The molecular weight excluding hydrogens is 546 g/mol. The van der Waals surface area contributed by atoms with Crippen molar-refractivity contribution in [3.8, 4) is 0 Å². The number of hydrogen-bond acceptors (Lipinski definition) is 4. The highest BCUT2D eigenvalue weighted by Crippen LogP contribution is 2.30. The fourth-order valence-electron chi connectivity index (χ4n) is 4.34. The Morgan fingerprint density at radius 1 is 0.900 bits per heavy atom. The molecule has 0 aliphatic heterocycles. The largest absolute Gasteiger partial charge is 0.352 e. The number of aryl methyl sites for hydroxylation is 1. The van der Waals surface area contributed by atoms with Crippen LogP contribution in [0.2, 0.25) is 5.02 Å². The fourth-order valence-corrected chi connectivity index (χ4v) is 6.06. The van der Waals surface area contributed by atoms with Crippen molar-refractivity contribution in [1.82, 2.24) is 10.2 Å². The van der Waals surface area contributed by atoms with E-state index in [4.69, 9.17) is 11.6 Å². The average Bonchev–Trinajstić information content (AvgIpc) is 2.94. The second kappa shape index (κ2) is 14.3. The van der Waals surface area contributed by atoms with Gasteiger partial charge < -0.3 is 10.2 Å². The summed E-state index contributed by atoms with van der Waals surface area (Å²) in [6.07, 6.45) is 1.63. The van der Waals surface area contributed by atoms with E-state index in [1.807, 2.05) is 58.0 Å². The van der Waals surface area contributed by atoms with Crippen LogP contribution in [0.4, 0.5) is 5.69 Å². The maximum Gasteiger partial charge on any atom is 0.264 e. The molecule has 0 saturated carbocycles. The topological polar surface area (TPSA) is 86.8 Å². The molecule has 0 radical (unpaired) electrons. The molecule has 0 aliphatic rings. The van der Waals surface area contributed by atoms with Crippen LogP contribution >= 0.6 is 11.6 Å². The van der Waals surface area contributed by atoms with Gasteiger partial charge in [0.05, 0.1) is 15.6 Å². The van der Waals surface area contributed by atoms with Crippen LogP contribution < -0.4 is 9.62 Å². The minimum Gasteiger partial charge on any atom is -0.352 e. The summed E-state index contributed by atoms with van der Waals surface area (Å²) in [5.41, 5.74) is 2.11. The molecule has 0 bridgehead atoms. The minimum absolute atomic E-state index is 0.0446. The van der Waals surface area contributed by atoms with Crippen LogP contribution in [0, 0.1) is 6.92 Å². The Kier molecular flexibility index (Phi) is 11.2. The van der Waals surface area contributed by atoms with E-state index in [0.29, 0.717) is 12.8 Å². The molecule has 40 heavy (non-hydrogen) atoms. The molecule has 2 atom stereocenters. The molecule has 0 fully saturated rings. The molecule has 3 aromatic rings. The molecule has 3 aromatic carbocycles. The van der Waals surface area contributed by atoms with Gasteiger partial charge in [-0.15, -0.1) is 0 Å². The van der Waals surface area contributed by atoms with Crippen LogP contribution in [-0.4, -0.2) is 50.3 Å². The number of carbonyl (C=O) groups excluding carboxylic acids is 2. The van der Waals surface area contributed by atoms with Crippen molar-refractivity contribution in [3.63, 3.8) is 0 Å². The predicted molar refractivity (Wildman–Crippen MR) is 161 cm³/mol. The Balaban J connectivity index is 2.02. The van der Waals surface area contributed by atoms with Gasteiger partial charge >= 0.3 is 0 Å². The minimum atomic E-state index is -4.16. The lowest BCUT2D eigenvalue weighted by molar-refractivity contribution is -0.139. The Morgan fingerprint density at radius 3 is 2.12 bits per heavy atom. The lowest BCUT2D eigenvalue weighted by Crippen LogP contribution is -2.54. The third-order valence-corrected chi connectivity index (χ3v) is 8.97. The second-order valence-electron chi connectivity index (χ2n) is 9.84. The van der Waals surface area contributed by atoms with Gasteiger partial charge in [-0.2, -0.15) is 0 Å². The first-order chi connectivity index (χ1) is 19.1. The molecular formula is C31H38ClN3O4S. The van der Waals surface area contributed by atoms with Gasteiger partial charge in [-0.1, -0.05) is 85.6 Å². The molecule has 0 aromatic heterocycles. The highest BCUT2D eigenvalue weighted by Gasteiger charge is 2.34. The van der Waals surface area contributed by atoms with E-state index in [2.05, 4.69) is 5.32 Å². The van der Waals surface area contributed by atoms with E-state index in [9.17, 15) is 18.0 Å². The number of halogens is 1. The maximum absolute atomic E-state index is 14.0. The quantitative estimate of drug-likeness (QED) is 0.283. The Hall–Kier alpha value is -3.36. The molecule has 1 N–H and O–H groups in total. The summed E-state index contributed by atoms with van der Waals surface area (Å²) in [6, 6.07) is 21.8. The van der Waals surface area contributed by atoms with Crippen molar-refractivity contribution in [1.29, 1.82) is 0 Å². The van der Waals surface area contributed by atoms with E-state index in [-0.39, 0.29) is 34.1 Å². The van der Waals surface area contributed by atoms with Gasteiger partial charge in [0.25, 0.3) is 10.0 Å². The molecule has 7 nitrogen and oxygen atoms in total. The van der Waals surface area contributed by atoms with Crippen molar-refractivity contribution in [3.05, 3.63) is 95.0 Å². The third-order valence-electron chi connectivity index (χ3n) is 6.88. The fraction of sp³-hybridized carbons (Fsp3) is 0.355. The van der Waals surface area contributed by atoms with E-state index < -0.39 is 28.5 Å². The summed E-state index contributed by atoms with van der Waals surface area (Å²) in [5, 5.41) is 3.18. The summed E-state index contributed by atoms with van der Waals surface area (Å²) in [5.74, 6) is -0.748. The van der Waals surface area contributed by atoms with Crippen molar-refractivity contribution in [2.24, 2.45) is 0 Å². The van der Waals surface area contributed by atoms with Crippen LogP contribution in [0.15, 0.2) is 83.8 Å². The number of benzene rings is 3. The van der Waals surface area contributed by atoms with E-state index in [1.165, 1.54) is 17.0 Å². The average molecular weight is 584 g/mol. The van der Waals surface area contributed by atoms with Gasteiger partial charge in [0, 0.05) is 12.6 Å². The normalized spacial score (nSPS) is 12.8. The number of amides is 2. The number of rotatable bonds is 13. The highest BCUT2D eigenvalue weighted by atomic mass is 35.5. The zero-order chi connectivity index (χ0) is 29.3. The number of hydrogen-bond donors (Lipinski definition) is 1. The Morgan fingerprint density at radius 2 is 1.52 bits per heavy atom. The number of anilines is 1. The smallest absolute Gasteiger partial charge is 0.264 e. The van der Waals surface area contributed by atoms with Gasteiger partial charge in [0.15, 0.2) is 0 Å². The molecule has 3 rings (SSSR count). The molecule has 2 amide bonds. The zero-order valence-electron chi connectivity index (χ0n) is 23.5. The lowest BCUT2D eigenvalue weighted by atomic mass is 10.1. The summed E-state index contributed by atoms with van der Waals surface area (Å²) in [7, 11) is -4.16. The monoisotopic (exact) mass is 583 g/mol. The zero-order valence-corrected chi connectivity index (χ0v) is 25.1. The van der Waals surface area contributed by atoms with Gasteiger partial charge in [-0.05, 0) is 62.9 Å². The molecule has 0 saturated heterocycles. The first-order valence-corrected chi connectivity index (χ1v) is 15.4. The first-order valence-electron chi connectivity index (χ1n) is 13.6. The van der Waals surface area contributed by atoms with Gasteiger partial charge in [0.1, 0.15) is 12.6 Å². The number of sulfonamides is 1. The van der Waals surface area contributed by atoms with Crippen molar-refractivity contribution in [2.45, 2.75) is 63.9 Å². The molecule has 214 valence electrons. The molecule has 0 aliphatic carbocycles. The number of para-hydroxylation sites is 1. The van der Waals surface area contributed by atoms with Crippen molar-refractivity contribution < 1.29 is 18.0 Å². The second-order valence-corrected chi connectivity index (χ2v) is 12.1. The standard InChI is InChI=1S/C31H38ClN3O4S/c1-5-24(4)33-31(37)28(6-2)34(21-20-25-12-8-7-9-13-25)30(36)22-35(29-15-11-10-14-27(29)32)40(38,39)26-18-16-23(3)17-19-26/h7-19,24,28H,5-6,20-22H2,1-4H3,(H,33,37)/t24-,28+/m0/s1. The predicted octanol–water partition coefficient (Wildman–Crippen LogP) is 5.61. The van der Waals surface area contributed by atoms with Crippen LogP contribution in [0.5, 0.6) is 0 Å². The first kappa shape index (κ1) is 31.2. The Labute approximate surface area is 243 Å². The summed E-state index contributed by atoms with van der Waals surface area (Å²) in [6.45, 7) is 7.33. The van der Waals surface area contributed by atoms with Crippen LogP contribution in [-0.2, 0) is 26.0 Å². The summed E-state index contributed by atoms with van der Waals surface area (Å²) in [4.78, 5) is 28.9. The third kappa shape index (κ3) is 7.86. The van der Waals surface area contributed by atoms with Crippen molar-refractivity contribution >= 4 is 39.1 Å². The highest BCUT2D eigenvalue weighted by molar-refractivity contribution is 7.92. The number of nitrogens with zero attached hydrogens (tertiary/aromatic N) is 2. The van der Waals surface area contributed by atoms with E-state index >= 15 is 0 Å². The van der Waals surface area contributed by atoms with E-state index in [0.717, 1.165) is 21.9 Å². The van der Waals surface area contributed by atoms with Gasteiger partial charge in [-0.3, -0.25) is 13.9 Å². The lowest BCUT2D eigenvalue weighted by Gasteiger charge is -2.34. The molecule has 0 spiro atoms. The maximum atomic E-state index is 14.0. The van der Waals surface area contributed by atoms with Gasteiger partial charge in [0.2, 0.25) is 11.8 Å². The van der Waals surface area contributed by atoms with Crippen LogP contribution in [0.25, 0.3) is 0 Å². The molecule has 0 heterocycles. The number of carbonyl (C=O) groups is 2. The molecule has 9 heteroatoms. The molecule has 0 unspecified atom stereocenters. The van der Waals surface area contributed by atoms with E-state index in [1.54, 1.807) is 36.4 Å². The Bertz CT molecular complexity index is 1380. The van der Waals surface area contributed by atoms with Crippen LogP contribution in [0.3, 0.4) is 0 Å². The summed E-state index contributed by atoms with van der Waals surface area (Å²) < 4.78 is 28.9. The van der Waals surface area contributed by atoms with Gasteiger partial charge in [-0.25, -0.2) is 8.42 Å².